The summed E-state index contributed by atoms with van der Waals surface area (Å²) in [6.45, 7) is 2.22. The lowest BCUT2D eigenvalue weighted by molar-refractivity contribution is -0.122. The smallest absolute Gasteiger partial charge is 0.293 e. The summed E-state index contributed by atoms with van der Waals surface area (Å²) >= 11 is 0. The third kappa shape index (κ3) is 6.27. The summed E-state index contributed by atoms with van der Waals surface area (Å²) in [6.07, 6.45) is 5.56. The van der Waals surface area contributed by atoms with Crippen LogP contribution in [0, 0.1) is 17.6 Å². The lowest BCUT2D eigenvalue weighted by Crippen LogP contribution is -2.42. The molecule has 2 atom stereocenters. The summed E-state index contributed by atoms with van der Waals surface area (Å²) < 4.78 is 28.2. The van der Waals surface area contributed by atoms with Gasteiger partial charge in [-0.3, -0.25) is 9.59 Å². The van der Waals surface area contributed by atoms with E-state index in [1.165, 1.54) is 24.3 Å². The number of nitrogens with two attached hydrogens (primary N) is 1. The number of hydrogen-bond acceptors (Lipinski definition) is 5. The monoisotopic (exact) mass is 521 g/mol. The standard InChI is InChI=1S/C29H33F2N5O2/c30-22-7-3-19(4-8-22)17-36-18-24(34-28(29(36)38)35-14-11-21(12-15-35)27(32)37)2-1-13-33-26-16-25(26)20-5-9-23(31)10-6-20/h3-10,18,21,25-26,33H,1-2,11-17H2,(H2,32,37)/t25-,26+/m0/s1. The van der Waals surface area contributed by atoms with Gasteiger partial charge in [0.2, 0.25) is 5.91 Å². The summed E-state index contributed by atoms with van der Waals surface area (Å²) in [5, 5.41) is 3.57. The number of halogens is 2. The van der Waals surface area contributed by atoms with Gasteiger partial charge in [-0.05, 0) is 74.0 Å². The number of piperidine rings is 1. The summed E-state index contributed by atoms with van der Waals surface area (Å²) in [5.41, 5.74) is 8.07. The summed E-state index contributed by atoms with van der Waals surface area (Å²) in [7, 11) is 0. The van der Waals surface area contributed by atoms with Crippen LogP contribution in [0.2, 0.25) is 0 Å². The second-order valence-electron chi connectivity index (χ2n) is 10.3. The topological polar surface area (TPSA) is 93.2 Å². The second-order valence-corrected chi connectivity index (χ2v) is 10.3. The Morgan fingerprint density at radius 2 is 1.68 bits per heavy atom. The average Bonchev–Trinajstić information content (AvgIpc) is 3.69. The first-order valence-corrected chi connectivity index (χ1v) is 13.3. The highest BCUT2D eigenvalue weighted by Gasteiger charge is 2.37. The SMILES string of the molecule is NC(=O)C1CCN(c2nc(CCCN[C@@H]3C[C@H]3c3ccc(F)cc3)cn(Cc3ccc(F)cc3)c2=O)CC1. The van der Waals surface area contributed by atoms with E-state index in [1.54, 1.807) is 22.9 Å². The number of carbonyl (C=O) groups is 1. The number of benzene rings is 2. The van der Waals surface area contributed by atoms with Gasteiger partial charge in [-0.2, -0.15) is 0 Å². The highest BCUT2D eigenvalue weighted by molar-refractivity contribution is 5.77. The van der Waals surface area contributed by atoms with E-state index < -0.39 is 0 Å². The Kier molecular flexibility index (Phi) is 7.83. The predicted molar refractivity (Wildman–Crippen MR) is 142 cm³/mol. The fourth-order valence-electron chi connectivity index (χ4n) is 5.24. The Bertz CT molecular complexity index is 1320. The molecule has 7 nitrogen and oxygen atoms in total. The number of aromatic nitrogens is 2. The quantitative estimate of drug-likeness (QED) is 0.399. The van der Waals surface area contributed by atoms with Gasteiger partial charge in [0.05, 0.1) is 12.2 Å². The number of carbonyl (C=O) groups excluding carboxylic acids is 1. The molecule has 2 heterocycles. The molecule has 2 aromatic carbocycles. The highest BCUT2D eigenvalue weighted by Crippen LogP contribution is 2.40. The highest BCUT2D eigenvalue weighted by atomic mass is 19.1. The number of amides is 1. The van der Waals surface area contributed by atoms with E-state index in [9.17, 15) is 18.4 Å². The zero-order valence-corrected chi connectivity index (χ0v) is 21.3. The Morgan fingerprint density at radius 3 is 2.34 bits per heavy atom. The molecule has 1 aliphatic heterocycles. The first kappa shape index (κ1) is 26.0. The molecule has 200 valence electrons. The van der Waals surface area contributed by atoms with Crippen LogP contribution in [-0.2, 0) is 17.8 Å². The van der Waals surface area contributed by atoms with Crippen LogP contribution in [0.4, 0.5) is 14.6 Å². The van der Waals surface area contributed by atoms with E-state index in [1.807, 2.05) is 17.0 Å². The third-order valence-corrected chi connectivity index (χ3v) is 7.57. The summed E-state index contributed by atoms with van der Waals surface area (Å²) in [6, 6.07) is 13.2. The number of anilines is 1. The van der Waals surface area contributed by atoms with Gasteiger partial charge in [0.1, 0.15) is 11.6 Å². The van der Waals surface area contributed by atoms with E-state index >= 15 is 0 Å². The average molecular weight is 522 g/mol. The molecule has 1 saturated heterocycles. The molecule has 0 bridgehead atoms. The fraction of sp³-hybridized carbons (Fsp3) is 0.414. The van der Waals surface area contributed by atoms with Crippen molar-refractivity contribution in [2.45, 2.75) is 50.6 Å². The van der Waals surface area contributed by atoms with Crippen molar-refractivity contribution in [1.82, 2.24) is 14.9 Å². The zero-order chi connectivity index (χ0) is 26.6. The van der Waals surface area contributed by atoms with Crippen LogP contribution < -0.4 is 21.5 Å². The molecule has 0 spiro atoms. The molecule has 2 fully saturated rings. The van der Waals surface area contributed by atoms with Crippen molar-refractivity contribution in [3.8, 4) is 0 Å². The third-order valence-electron chi connectivity index (χ3n) is 7.57. The van der Waals surface area contributed by atoms with Crippen molar-refractivity contribution in [1.29, 1.82) is 0 Å². The maximum Gasteiger partial charge on any atom is 0.293 e. The molecule has 2 aliphatic rings. The van der Waals surface area contributed by atoms with Crippen molar-refractivity contribution in [3.05, 3.63) is 93.5 Å². The van der Waals surface area contributed by atoms with Crippen molar-refractivity contribution in [2.24, 2.45) is 11.7 Å². The predicted octanol–water partition coefficient (Wildman–Crippen LogP) is 3.35. The number of nitrogens with zero attached hydrogens (tertiary/aromatic N) is 3. The van der Waals surface area contributed by atoms with Crippen molar-refractivity contribution >= 4 is 11.7 Å². The van der Waals surface area contributed by atoms with Crippen molar-refractivity contribution in [2.75, 3.05) is 24.5 Å². The number of primary amides is 1. The Morgan fingerprint density at radius 1 is 1.03 bits per heavy atom. The largest absolute Gasteiger partial charge is 0.369 e. The second kappa shape index (κ2) is 11.4. The zero-order valence-electron chi connectivity index (χ0n) is 21.3. The first-order chi connectivity index (χ1) is 18.4. The van der Waals surface area contributed by atoms with Crippen LogP contribution in [0.15, 0.2) is 59.5 Å². The summed E-state index contributed by atoms with van der Waals surface area (Å²) in [5.74, 6) is -0.212. The number of hydrogen-bond donors (Lipinski definition) is 2. The minimum absolute atomic E-state index is 0.178. The molecule has 1 aromatic heterocycles. The van der Waals surface area contributed by atoms with Crippen molar-refractivity contribution < 1.29 is 13.6 Å². The van der Waals surface area contributed by atoms with Crippen LogP contribution >= 0.6 is 0 Å². The van der Waals surface area contributed by atoms with Crippen LogP contribution in [0.1, 0.15) is 48.4 Å². The van der Waals surface area contributed by atoms with Gasteiger partial charge in [-0.1, -0.05) is 24.3 Å². The lowest BCUT2D eigenvalue weighted by atomic mass is 9.96. The van der Waals surface area contributed by atoms with E-state index in [0.717, 1.165) is 36.2 Å². The minimum Gasteiger partial charge on any atom is -0.369 e. The van der Waals surface area contributed by atoms with Gasteiger partial charge in [-0.25, -0.2) is 13.8 Å². The molecule has 9 heteroatoms. The first-order valence-electron chi connectivity index (χ1n) is 13.3. The van der Waals surface area contributed by atoms with Gasteiger partial charge in [0.15, 0.2) is 5.82 Å². The Labute approximate surface area is 220 Å². The molecular formula is C29H33F2N5O2. The van der Waals surface area contributed by atoms with E-state index in [-0.39, 0.29) is 29.0 Å². The van der Waals surface area contributed by atoms with E-state index in [2.05, 4.69) is 5.32 Å². The number of rotatable bonds is 10. The molecule has 3 aromatic rings. The maximum absolute atomic E-state index is 13.4. The Hall–Kier alpha value is -3.59. The van der Waals surface area contributed by atoms with E-state index in [4.69, 9.17) is 10.7 Å². The van der Waals surface area contributed by atoms with Gasteiger partial charge in [-0.15, -0.1) is 0 Å². The molecule has 1 amide bonds. The number of nitrogens with one attached hydrogen (secondary N) is 1. The molecule has 0 unspecified atom stereocenters. The fourth-order valence-corrected chi connectivity index (χ4v) is 5.24. The molecule has 1 saturated carbocycles. The molecule has 0 radical (unpaired) electrons. The summed E-state index contributed by atoms with van der Waals surface area (Å²) in [4.78, 5) is 31.7. The molecule has 1 aliphatic carbocycles. The van der Waals surface area contributed by atoms with Crippen LogP contribution in [0.25, 0.3) is 0 Å². The van der Waals surface area contributed by atoms with Gasteiger partial charge in [0.25, 0.3) is 5.56 Å². The van der Waals surface area contributed by atoms with E-state index in [0.29, 0.717) is 56.7 Å². The normalized spacial score (nSPS) is 19.5. The lowest BCUT2D eigenvalue weighted by Gasteiger charge is -2.31. The maximum atomic E-state index is 13.4. The van der Waals surface area contributed by atoms with Crippen LogP contribution in [0.5, 0.6) is 0 Å². The van der Waals surface area contributed by atoms with Gasteiger partial charge < -0.3 is 20.5 Å². The van der Waals surface area contributed by atoms with Gasteiger partial charge in [0, 0.05) is 37.2 Å². The molecule has 38 heavy (non-hydrogen) atoms. The van der Waals surface area contributed by atoms with Crippen LogP contribution in [0.3, 0.4) is 0 Å². The molecule has 5 rings (SSSR count). The van der Waals surface area contributed by atoms with Crippen molar-refractivity contribution in [3.63, 3.8) is 0 Å². The van der Waals surface area contributed by atoms with Gasteiger partial charge >= 0.3 is 0 Å². The minimum atomic E-state index is -0.320. The van der Waals surface area contributed by atoms with Crippen LogP contribution in [-0.4, -0.2) is 41.1 Å². The number of aryl methyl sites for hydroxylation is 1. The molecule has 3 N–H and O–H groups in total. The molecular weight excluding hydrogens is 488 g/mol. The Balaban J connectivity index is 1.25.